The van der Waals surface area contributed by atoms with Crippen molar-refractivity contribution in [2.75, 3.05) is 0 Å². The minimum absolute atomic E-state index is 0.785. The van der Waals surface area contributed by atoms with Crippen LogP contribution in [0.15, 0.2) is 83.3 Å². The highest BCUT2D eigenvalue weighted by atomic mass is 32.2. The highest BCUT2D eigenvalue weighted by molar-refractivity contribution is 8.07. The highest BCUT2D eigenvalue weighted by Crippen LogP contribution is 2.38. The molecule has 0 aliphatic carbocycles. The van der Waals surface area contributed by atoms with Crippen LogP contribution in [0.5, 0.6) is 0 Å². The number of hydrogen-bond acceptors (Lipinski definition) is 6. The Balaban J connectivity index is 1.86. The van der Waals surface area contributed by atoms with Gasteiger partial charge in [0.15, 0.2) is 0 Å². The van der Waals surface area contributed by atoms with Crippen molar-refractivity contribution >= 4 is 51.8 Å². The molecular weight excluding hydrogens is 344 g/mol. The first-order valence-corrected chi connectivity index (χ1v) is 9.09. The predicted molar refractivity (Wildman–Crippen MR) is 101 cm³/mol. The van der Waals surface area contributed by atoms with Crippen molar-refractivity contribution in [3.8, 4) is 0 Å². The van der Waals surface area contributed by atoms with Crippen molar-refractivity contribution in [2.24, 2.45) is 16.9 Å². The number of nitrogens with zero attached hydrogens (tertiary/aromatic N) is 4. The van der Waals surface area contributed by atoms with Gasteiger partial charge in [0.25, 0.3) is 0 Å². The Bertz CT molecular complexity index is 895. The fraction of sp³-hybridized carbons (Fsp3) is 0. The highest BCUT2D eigenvalue weighted by Gasteiger charge is 2.27. The number of benzene rings is 2. The Hall–Kier alpha value is -1.96. The number of rotatable bonds is 2. The summed E-state index contributed by atoms with van der Waals surface area (Å²) in [6.07, 6.45) is 0. The standard InChI is InChI=1S/C16H10N4S3/c1-3-7-11(8-4-1)13-14-15(19-23-20-22-18-14)16(21-17-13)12-9-5-2-6-10-12/h1-10H. The molecule has 0 unspecified atom stereocenters. The van der Waals surface area contributed by atoms with E-state index < -0.39 is 0 Å². The molecule has 0 atom stereocenters. The molecule has 2 aromatic rings. The Morgan fingerprint density at radius 3 is 2.13 bits per heavy atom. The predicted octanol–water partition coefficient (Wildman–Crippen LogP) is 4.97. The average Bonchev–Trinajstić information content (AvgIpc) is 2.88. The van der Waals surface area contributed by atoms with Gasteiger partial charge in [0, 0.05) is 17.5 Å². The first-order chi connectivity index (χ1) is 11.4. The maximum atomic E-state index is 4.70. The molecule has 0 spiro atoms. The van der Waals surface area contributed by atoms with Crippen molar-refractivity contribution in [1.82, 2.24) is 0 Å². The van der Waals surface area contributed by atoms with Gasteiger partial charge in [0.05, 0.1) is 16.3 Å². The van der Waals surface area contributed by atoms with E-state index >= 15 is 0 Å². The molecule has 0 amide bonds. The molecule has 4 nitrogen and oxygen atoms in total. The lowest BCUT2D eigenvalue weighted by atomic mass is 10.0. The summed E-state index contributed by atoms with van der Waals surface area (Å²) in [6.45, 7) is 0. The van der Waals surface area contributed by atoms with E-state index in [0.717, 1.165) is 45.3 Å². The van der Waals surface area contributed by atoms with E-state index in [4.69, 9.17) is 4.40 Å². The molecule has 0 saturated heterocycles. The van der Waals surface area contributed by atoms with E-state index in [2.05, 4.69) is 24.7 Å². The summed E-state index contributed by atoms with van der Waals surface area (Å²) < 4.78 is 17.9. The molecule has 0 N–H and O–H groups in total. The Morgan fingerprint density at radius 2 is 1.39 bits per heavy atom. The second kappa shape index (κ2) is 6.66. The van der Waals surface area contributed by atoms with Gasteiger partial charge in [0.2, 0.25) is 0 Å². The molecule has 4 rings (SSSR count). The fourth-order valence-electron chi connectivity index (χ4n) is 2.26. The second-order valence-corrected chi connectivity index (χ2v) is 6.77. The molecule has 0 bridgehead atoms. The molecule has 112 valence electrons. The third-order valence-electron chi connectivity index (χ3n) is 3.31. The van der Waals surface area contributed by atoms with Crippen LogP contribution in [0.4, 0.5) is 0 Å². The quantitative estimate of drug-likeness (QED) is 0.715. The number of allylic oxidation sites excluding steroid dienone is 1. The van der Waals surface area contributed by atoms with Gasteiger partial charge in [-0.2, -0.15) is 8.76 Å². The molecule has 23 heavy (non-hydrogen) atoms. The van der Waals surface area contributed by atoms with Gasteiger partial charge in [-0.1, -0.05) is 60.7 Å². The van der Waals surface area contributed by atoms with Crippen LogP contribution in [-0.2, 0) is 11.4 Å². The molecule has 7 heteroatoms. The van der Waals surface area contributed by atoms with Crippen LogP contribution in [0.2, 0.25) is 0 Å². The number of fused-ring (bicyclic) bond motifs is 1. The van der Waals surface area contributed by atoms with Crippen LogP contribution < -0.4 is 0 Å². The summed E-state index contributed by atoms with van der Waals surface area (Å²) in [7, 11) is 0. The molecule has 2 aliphatic rings. The Morgan fingerprint density at radius 1 is 0.696 bits per heavy atom. The summed E-state index contributed by atoms with van der Waals surface area (Å²) in [5, 5.41) is 0. The molecule has 2 aromatic carbocycles. The van der Waals surface area contributed by atoms with E-state index in [1.54, 1.807) is 0 Å². The lowest BCUT2D eigenvalue weighted by molar-refractivity contribution is 1.51. The van der Waals surface area contributed by atoms with Crippen molar-refractivity contribution in [3.63, 3.8) is 0 Å². The summed E-state index contributed by atoms with van der Waals surface area (Å²) in [6, 6.07) is 20.2. The minimum atomic E-state index is 0.785. The zero-order chi connectivity index (χ0) is 15.5. The summed E-state index contributed by atoms with van der Waals surface area (Å²) in [5.41, 5.74) is 4.60. The van der Waals surface area contributed by atoms with Gasteiger partial charge in [-0.3, -0.25) is 0 Å². The smallest absolute Gasteiger partial charge is 0.129 e. The van der Waals surface area contributed by atoms with Crippen molar-refractivity contribution in [2.45, 2.75) is 0 Å². The van der Waals surface area contributed by atoms with Crippen molar-refractivity contribution < 1.29 is 0 Å². The van der Waals surface area contributed by atoms with E-state index in [-0.39, 0.29) is 0 Å². The SMILES string of the molecule is c1ccc(C2=NSC(c3ccccc3)=C3N=S=NSN=C23)cc1. The van der Waals surface area contributed by atoms with E-state index in [1.807, 2.05) is 48.5 Å². The maximum absolute atomic E-state index is 4.70. The van der Waals surface area contributed by atoms with Crippen LogP contribution in [0.25, 0.3) is 4.91 Å². The molecule has 0 saturated carbocycles. The first-order valence-electron chi connectivity index (χ1n) is 6.86. The third kappa shape index (κ3) is 2.95. The zero-order valence-corrected chi connectivity index (χ0v) is 14.2. The Kier molecular flexibility index (Phi) is 4.23. The molecule has 2 aliphatic heterocycles. The summed E-state index contributed by atoms with van der Waals surface area (Å²) >= 11 is 3.77. The van der Waals surface area contributed by atoms with E-state index in [1.165, 1.54) is 23.3 Å². The van der Waals surface area contributed by atoms with Crippen LogP contribution in [0, 0.1) is 0 Å². The molecular formula is C16H10N4S3. The minimum Gasteiger partial charge on any atom is -0.208 e. The van der Waals surface area contributed by atoms with E-state index in [0.29, 0.717) is 0 Å². The summed E-state index contributed by atoms with van der Waals surface area (Å²) in [4.78, 5) is 1.01. The molecule has 0 fully saturated rings. The van der Waals surface area contributed by atoms with Gasteiger partial charge in [-0.15, -0.1) is 3.77 Å². The second-order valence-electron chi connectivity index (χ2n) is 4.71. The fourth-order valence-corrected chi connectivity index (χ4v) is 4.07. The third-order valence-corrected chi connectivity index (χ3v) is 5.25. The van der Waals surface area contributed by atoms with Crippen molar-refractivity contribution in [3.05, 3.63) is 77.5 Å². The normalized spacial score (nSPS) is 16.9. The maximum Gasteiger partial charge on any atom is 0.129 e. The van der Waals surface area contributed by atoms with Crippen molar-refractivity contribution in [1.29, 1.82) is 0 Å². The first kappa shape index (κ1) is 14.6. The van der Waals surface area contributed by atoms with E-state index in [9.17, 15) is 0 Å². The summed E-state index contributed by atoms with van der Waals surface area (Å²) in [5.74, 6) is 0. The van der Waals surface area contributed by atoms with Crippen LogP contribution in [-0.4, -0.2) is 11.4 Å². The van der Waals surface area contributed by atoms with Gasteiger partial charge in [-0.05, 0) is 5.56 Å². The van der Waals surface area contributed by atoms with Crippen LogP contribution >= 0.6 is 24.1 Å². The zero-order valence-electron chi connectivity index (χ0n) is 11.8. The van der Waals surface area contributed by atoms with Crippen LogP contribution in [0.1, 0.15) is 11.1 Å². The molecule has 2 heterocycles. The number of hydrogen-bond donors (Lipinski definition) is 0. The van der Waals surface area contributed by atoms with Crippen LogP contribution in [0.3, 0.4) is 0 Å². The van der Waals surface area contributed by atoms with Gasteiger partial charge in [0.1, 0.15) is 29.3 Å². The topological polar surface area (TPSA) is 49.4 Å². The molecule has 0 aromatic heterocycles. The van der Waals surface area contributed by atoms with Gasteiger partial charge < -0.3 is 0 Å². The average molecular weight is 354 g/mol. The molecule has 0 radical (unpaired) electrons. The lowest BCUT2D eigenvalue weighted by Gasteiger charge is -2.17. The lowest BCUT2D eigenvalue weighted by Crippen LogP contribution is -2.20. The van der Waals surface area contributed by atoms with Gasteiger partial charge >= 0.3 is 0 Å². The largest absolute Gasteiger partial charge is 0.208 e. The van der Waals surface area contributed by atoms with Gasteiger partial charge in [-0.25, -0.2) is 4.40 Å². The monoisotopic (exact) mass is 354 g/mol. The Labute approximate surface area is 146 Å².